The normalized spacial score (nSPS) is 11.6. The van der Waals surface area contributed by atoms with Crippen molar-refractivity contribution in [1.29, 1.82) is 0 Å². The number of hydrogen-bond donors (Lipinski definition) is 0. The molecule has 1 heterocycles. The summed E-state index contributed by atoms with van der Waals surface area (Å²) in [6.45, 7) is 0. The van der Waals surface area contributed by atoms with Gasteiger partial charge in [-0.05, 0) is 22.0 Å². The van der Waals surface area contributed by atoms with Gasteiger partial charge in [-0.3, -0.25) is 0 Å². The molecule has 1 rings (SSSR count). The summed E-state index contributed by atoms with van der Waals surface area (Å²) in [5, 5.41) is 0. The van der Waals surface area contributed by atoms with Crippen LogP contribution in [-0.4, -0.2) is 11.3 Å². The van der Waals surface area contributed by atoms with Gasteiger partial charge in [0.1, 0.15) is 0 Å². The first-order chi connectivity index (χ1) is 6.29. The third-order valence-corrected chi connectivity index (χ3v) is 1.64. The van der Waals surface area contributed by atoms with E-state index in [2.05, 4.69) is 25.7 Å². The zero-order chi connectivity index (χ0) is 10.9. The highest BCUT2D eigenvalue weighted by molar-refractivity contribution is 9.10. The monoisotopic (exact) mass is 277 g/mol. The van der Waals surface area contributed by atoms with Crippen LogP contribution in [-0.2, 0) is 0 Å². The van der Waals surface area contributed by atoms with Crippen molar-refractivity contribution >= 4 is 15.9 Å². The van der Waals surface area contributed by atoms with E-state index in [0.717, 1.165) is 0 Å². The Kier molecular flexibility index (Phi) is 2.93. The van der Waals surface area contributed by atoms with E-state index in [-0.39, 0.29) is 0 Å². The number of ether oxygens (including phenoxy) is 1. The minimum Gasteiger partial charge on any atom is -0.387 e. The van der Waals surface area contributed by atoms with Crippen LogP contribution in [0, 0.1) is 11.8 Å². The van der Waals surface area contributed by atoms with Crippen LogP contribution in [0.3, 0.4) is 0 Å². The fourth-order valence-electron chi connectivity index (χ4n) is 0.610. The lowest BCUT2D eigenvalue weighted by atomic mass is 10.4. The van der Waals surface area contributed by atoms with E-state index in [0.29, 0.717) is 6.07 Å². The molecule has 0 radical (unpaired) electrons. The molecule has 0 aromatic carbocycles. The van der Waals surface area contributed by atoms with Gasteiger partial charge in [0.05, 0.1) is 4.47 Å². The molecule has 0 spiro atoms. The smallest absolute Gasteiger partial charge is 0.387 e. The molecular weight excluding hydrogens is 277 g/mol. The van der Waals surface area contributed by atoms with Crippen LogP contribution in [0.15, 0.2) is 10.5 Å². The van der Waals surface area contributed by atoms with Crippen LogP contribution in [0.5, 0.6) is 5.88 Å². The molecule has 0 fully saturated rings. The standard InChI is InChI=1S/C6HBrF5NO/c7-2-1-3(8)4(9)13-5(2)14-6(10,11)12/h1H. The summed E-state index contributed by atoms with van der Waals surface area (Å²) in [4.78, 5) is 2.63. The van der Waals surface area contributed by atoms with Crippen LogP contribution >= 0.6 is 15.9 Å². The van der Waals surface area contributed by atoms with Crippen LogP contribution < -0.4 is 4.74 Å². The molecule has 0 saturated heterocycles. The van der Waals surface area contributed by atoms with Crippen LogP contribution in [0.1, 0.15) is 0 Å². The van der Waals surface area contributed by atoms with Gasteiger partial charge in [0.25, 0.3) is 5.95 Å². The third kappa shape index (κ3) is 2.79. The van der Waals surface area contributed by atoms with E-state index in [1.807, 2.05) is 0 Å². The Morgan fingerprint density at radius 3 is 2.36 bits per heavy atom. The summed E-state index contributed by atoms with van der Waals surface area (Å²) in [7, 11) is 0. The van der Waals surface area contributed by atoms with Crippen molar-refractivity contribution in [2.24, 2.45) is 0 Å². The fraction of sp³-hybridized carbons (Fsp3) is 0.167. The summed E-state index contributed by atoms with van der Waals surface area (Å²) < 4.78 is 62.6. The zero-order valence-corrected chi connectivity index (χ0v) is 7.79. The lowest BCUT2D eigenvalue weighted by Crippen LogP contribution is -2.18. The highest BCUT2D eigenvalue weighted by Crippen LogP contribution is 2.29. The molecule has 0 bridgehead atoms. The molecule has 8 heteroatoms. The molecule has 0 N–H and O–H groups in total. The summed E-state index contributed by atoms with van der Waals surface area (Å²) in [5.41, 5.74) is 0. The molecule has 2 nitrogen and oxygen atoms in total. The molecule has 0 amide bonds. The molecule has 0 aliphatic heterocycles. The van der Waals surface area contributed by atoms with Crippen LogP contribution in [0.4, 0.5) is 22.0 Å². The Hall–Kier alpha value is -0.920. The maximum atomic E-state index is 12.4. The predicted molar refractivity (Wildman–Crippen MR) is 38.5 cm³/mol. The Morgan fingerprint density at radius 1 is 1.29 bits per heavy atom. The maximum absolute atomic E-state index is 12.4. The number of pyridine rings is 1. The largest absolute Gasteiger partial charge is 0.574 e. The molecule has 1 aromatic rings. The quantitative estimate of drug-likeness (QED) is 0.582. The van der Waals surface area contributed by atoms with Gasteiger partial charge in [0.15, 0.2) is 5.82 Å². The van der Waals surface area contributed by atoms with Crippen molar-refractivity contribution in [2.75, 3.05) is 0 Å². The molecule has 0 atom stereocenters. The average molecular weight is 278 g/mol. The van der Waals surface area contributed by atoms with E-state index >= 15 is 0 Å². The lowest BCUT2D eigenvalue weighted by Gasteiger charge is -2.08. The van der Waals surface area contributed by atoms with E-state index in [4.69, 9.17) is 0 Å². The number of alkyl halides is 3. The van der Waals surface area contributed by atoms with Crippen LogP contribution in [0.2, 0.25) is 0 Å². The maximum Gasteiger partial charge on any atom is 0.574 e. The second kappa shape index (κ2) is 3.68. The van der Waals surface area contributed by atoms with Gasteiger partial charge in [0, 0.05) is 0 Å². The van der Waals surface area contributed by atoms with Gasteiger partial charge in [-0.25, -0.2) is 4.39 Å². The molecule has 0 unspecified atom stereocenters. The first-order valence-corrected chi connectivity index (χ1v) is 3.86. The van der Waals surface area contributed by atoms with E-state index < -0.39 is 28.5 Å². The lowest BCUT2D eigenvalue weighted by molar-refractivity contribution is -0.276. The number of rotatable bonds is 1. The Bertz CT molecular complexity index is 353. The van der Waals surface area contributed by atoms with Gasteiger partial charge >= 0.3 is 6.36 Å². The van der Waals surface area contributed by atoms with Gasteiger partial charge < -0.3 is 4.74 Å². The van der Waals surface area contributed by atoms with Crippen LogP contribution in [0.25, 0.3) is 0 Å². The molecular formula is C6HBrF5NO. The summed E-state index contributed by atoms with van der Waals surface area (Å²) in [6, 6.07) is 0.489. The van der Waals surface area contributed by atoms with Gasteiger partial charge in [-0.1, -0.05) is 0 Å². The van der Waals surface area contributed by atoms with Crippen molar-refractivity contribution < 1.29 is 26.7 Å². The number of halogens is 6. The SMILES string of the molecule is Fc1cc(Br)c(OC(F)(F)F)nc1F. The topological polar surface area (TPSA) is 22.1 Å². The fourth-order valence-corrected chi connectivity index (χ4v) is 0.980. The Morgan fingerprint density at radius 2 is 1.86 bits per heavy atom. The molecule has 78 valence electrons. The Labute approximate surface area is 82.8 Å². The second-order valence-electron chi connectivity index (χ2n) is 2.10. The summed E-state index contributed by atoms with van der Waals surface area (Å²) >= 11 is 2.54. The minimum atomic E-state index is -5.00. The van der Waals surface area contributed by atoms with Gasteiger partial charge in [-0.15, -0.1) is 13.2 Å². The van der Waals surface area contributed by atoms with Crippen molar-refractivity contribution in [3.63, 3.8) is 0 Å². The number of aromatic nitrogens is 1. The molecule has 14 heavy (non-hydrogen) atoms. The van der Waals surface area contributed by atoms with E-state index in [1.54, 1.807) is 0 Å². The van der Waals surface area contributed by atoms with E-state index in [9.17, 15) is 22.0 Å². The Balaban J connectivity index is 3.04. The molecule has 0 aliphatic carbocycles. The first kappa shape index (κ1) is 11.2. The molecule has 0 aliphatic rings. The average Bonchev–Trinajstić information content (AvgIpc) is 1.97. The van der Waals surface area contributed by atoms with Gasteiger partial charge in [-0.2, -0.15) is 9.37 Å². The molecule has 1 aromatic heterocycles. The predicted octanol–water partition coefficient (Wildman–Crippen LogP) is 3.02. The number of hydrogen-bond acceptors (Lipinski definition) is 2. The minimum absolute atomic E-state index is 0.422. The third-order valence-electron chi connectivity index (χ3n) is 1.07. The van der Waals surface area contributed by atoms with Crippen molar-refractivity contribution in [1.82, 2.24) is 4.98 Å². The highest BCUT2D eigenvalue weighted by atomic mass is 79.9. The van der Waals surface area contributed by atoms with Crippen molar-refractivity contribution in [3.05, 3.63) is 22.3 Å². The summed E-state index contributed by atoms with van der Waals surface area (Å²) in [5.74, 6) is -4.10. The second-order valence-corrected chi connectivity index (χ2v) is 2.95. The summed E-state index contributed by atoms with van der Waals surface area (Å²) in [6.07, 6.45) is -5.00. The van der Waals surface area contributed by atoms with E-state index in [1.165, 1.54) is 0 Å². The number of nitrogens with zero attached hydrogens (tertiary/aromatic N) is 1. The van der Waals surface area contributed by atoms with Crippen molar-refractivity contribution in [2.45, 2.75) is 6.36 Å². The first-order valence-electron chi connectivity index (χ1n) is 3.07. The van der Waals surface area contributed by atoms with Gasteiger partial charge in [0.2, 0.25) is 5.88 Å². The molecule has 0 saturated carbocycles. The highest BCUT2D eigenvalue weighted by Gasteiger charge is 2.33. The van der Waals surface area contributed by atoms with Crippen molar-refractivity contribution in [3.8, 4) is 5.88 Å². The zero-order valence-electron chi connectivity index (χ0n) is 6.20.